The van der Waals surface area contributed by atoms with E-state index >= 15 is 0 Å². The number of rotatable bonds is 4. The van der Waals surface area contributed by atoms with E-state index < -0.39 is 5.82 Å². The van der Waals surface area contributed by atoms with Crippen molar-refractivity contribution in [2.45, 2.75) is 49.6 Å². The molecule has 0 unspecified atom stereocenters. The van der Waals surface area contributed by atoms with Gasteiger partial charge < -0.3 is 10.2 Å². The van der Waals surface area contributed by atoms with Crippen molar-refractivity contribution in [3.05, 3.63) is 58.4 Å². The maximum Gasteiger partial charge on any atom is 0.251 e. The molecular formula is C22H22ClFN2O2S. The average molecular weight is 433 g/mol. The molecule has 0 saturated heterocycles. The Hall–Kier alpha value is -2.05. The van der Waals surface area contributed by atoms with Gasteiger partial charge in [0.1, 0.15) is 5.82 Å². The standard InChI is InChI=1S/C22H22ClFN2O2S/c23-17-7-4-8-18(24)16(17)12-26-19-11-14(9-10-20(19)29-13-21(26)27)22(28)25-15-5-2-1-3-6-15/h4,7-11,15H,1-3,5-6,12-13H2,(H,25,28). The van der Waals surface area contributed by atoms with Crippen LogP contribution in [0.25, 0.3) is 0 Å². The zero-order chi connectivity index (χ0) is 20.4. The predicted octanol–water partition coefficient (Wildman–Crippen LogP) is 5.18. The van der Waals surface area contributed by atoms with Crippen LogP contribution in [0.15, 0.2) is 41.3 Å². The van der Waals surface area contributed by atoms with E-state index in [1.807, 2.05) is 6.07 Å². The molecule has 1 N–H and O–H groups in total. The van der Waals surface area contributed by atoms with Crippen molar-refractivity contribution in [1.82, 2.24) is 5.32 Å². The molecule has 29 heavy (non-hydrogen) atoms. The fourth-order valence-corrected chi connectivity index (χ4v) is 5.01. The zero-order valence-corrected chi connectivity index (χ0v) is 17.5. The molecule has 7 heteroatoms. The zero-order valence-electron chi connectivity index (χ0n) is 15.9. The van der Waals surface area contributed by atoms with Crippen LogP contribution in [0.3, 0.4) is 0 Å². The van der Waals surface area contributed by atoms with E-state index in [2.05, 4.69) is 5.32 Å². The largest absolute Gasteiger partial charge is 0.349 e. The van der Waals surface area contributed by atoms with E-state index in [9.17, 15) is 14.0 Å². The SMILES string of the molecule is O=C(NC1CCCCC1)c1ccc2c(c1)N(Cc1c(F)cccc1Cl)C(=O)CS2. The van der Waals surface area contributed by atoms with Gasteiger partial charge in [-0.1, -0.05) is 36.9 Å². The Labute approximate surface area is 178 Å². The Morgan fingerprint density at radius 2 is 2.00 bits per heavy atom. The third-order valence-corrected chi connectivity index (χ3v) is 6.88. The third kappa shape index (κ3) is 4.43. The van der Waals surface area contributed by atoms with Crippen molar-refractivity contribution in [2.75, 3.05) is 10.7 Å². The van der Waals surface area contributed by atoms with Gasteiger partial charge in [-0.25, -0.2) is 4.39 Å². The summed E-state index contributed by atoms with van der Waals surface area (Å²) in [5.74, 6) is -0.443. The Kier molecular flexibility index (Phi) is 6.11. The van der Waals surface area contributed by atoms with Crippen LogP contribution in [0.2, 0.25) is 5.02 Å². The minimum absolute atomic E-state index is 0.0333. The number of benzene rings is 2. The van der Waals surface area contributed by atoms with Gasteiger partial charge in [-0.05, 0) is 43.2 Å². The molecule has 1 heterocycles. The maximum absolute atomic E-state index is 14.3. The van der Waals surface area contributed by atoms with Crippen molar-refractivity contribution >= 4 is 40.9 Å². The van der Waals surface area contributed by atoms with Crippen LogP contribution in [0.1, 0.15) is 48.0 Å². The van der Waals surface area contributed by atoms with E-state index in [0.717, 1.165) is 30.6 Å². The Morgan fingerprint density at radius 1 is 1.21 bits per heavy atom. The first-order valence-corrected chi connectivity index (χ1v) is 11.2. The van der Waals surface area contributed by atoms with Gasteiger partial charge >= 0.3 is 0 Å². The number of anilines is 1. The summed E-state index contributed by atoms with van der Waals surface area (Å²) in [6.45, 7) is 0.0333. The topological polar surface area (TPSA) is 49.4 Å². The van der Waals surface area contributed by atoms with Gasteiger partial charge in [0.15, 0.2) is 0 Å². The maximum atomic E-state index is 14.3. The number of halogens is 2. The van der Waals surface area contributed by atoms with Crippen LogP contribution in [0, 0.1) is 5.82 Å². The molecule has 1 fully saturated rings. The number of hydrogen-bond acceptors (Lipinski definition) is 3. The number of carbonyl (C=O) groups excluding carboxylic acids is 2. The summed E-state index contributed by atoms with van der Waals surface area (Å²) in [5, 5.41) is 3.39. The molecule has 4 rings (SSSR count). The van der Waals surface area contributed by atoms with Crippen molar-refractivity contribution in [3.63, 3.8) is 0 Å². The van der Waals surface area contributed by atoms with Gasteiger partial charge in [0.25, 0.3) is 5.91 Å². The number of thioether (sulfide) groups is 1. The van der Waals surface area contributed by atoms with Crippen molar-refractivity contribution in [2.24, 2.45) is 0 Å². The summed E-state index contributed by atoms with van der Waals surface area (Å²) >= 11 is 7.59. The van der Waals surface area contributed by atoms with Crippen LogP contribution in [0.4, 0.5) is 10.1 Å². The summed E-state index contributed by atoms with van der Waals surface area (Å²) in [6, 6.07) is 10.1. The highest BCUT2D eigenvalue weighted by Crippen LogP contribution is 2.37. The lowest BCUT2D eigenvalue weighted by Crippen LogP contribution is -2.37. The van der Waals surface area contributed by atoms with E-state index in [1.165, 1.54) is 35.2 Å². The monoisotopic (exact) mass is 432 g/mol. The molecule has 0 spiro atoms. The van der Waals surface area contributed by atoms with Crippen LogP contribution < -0.4 is 10.2 Å². The van der Waals surface area contributed by atoms with Gasteiger partial charge in [0.2, 0.25) is 5.91 Å². The average Bonchev–Trinajstić information content (AvgIpc) is 2.72. The number of nitrogens with zero attached hydrogens (tertiary/aromatic N) is 1. The summed E-state index contributed by atoms with van der Waals surface area (Å²) in [5.41, 5.74) is 1.41. The normalized spacial score (nSPS) is 17.2. The summed E-state index contributed by atoms with van der Waals surface area (Å²) < 4.78 is 14.3. The van der Waals surface area contributed by atoms with E-state index in [-0.39, 0.29) is 40.7 Å². The molecule has 0 aromatic heterocycles. The van der Waals surface area contributed by atoms with E-state index in [1.54, 1.807) is 18.2 Å². The number of nitrogens with one attached hydrogen (secondary N) is 1. The Balaban J connectivity index is 1.60. The molecule has 2 aromatic rings. The smallest absolute Gasteiger partial charge is 0.251 e. The predicted molar refractivity (Wildman–Crippen MR) is 114 cm³/mol. The van der Waals surface area contributed by atoms with Gasteiger partial charge in [-0.3, -0.25) is 9.59 Å². The van der Waals surface area contributed by atoms with Gasteiger partial charge in [0.05, 0.1) is 18.0 Å². The molecule has 0 radical (unpaired) electrons. The minimum Gasteiger partial charge on any atom is -0.349 e. The number of amides is 2. The molecular weight excluding hydrogens is 411 g/mol. The lowest BCUT2D eigenvalue weighted by Gasteiger charge is -2.30. The number of hydrogen-bond donors (Lipinski definition) is 1. The molecule has 2 aliphatic rings. The van der Waals surface area contributed by atoms with Crippen LogP contribution in [-0.2, 0) is 11.3 Å². The summed E-state index contributed by atoms with van der Waals surface area (Å²) in [6.07, 6.45) is 5.50. The molecule has 0 bridgehead atoms. The second kappa shape index (κ2) is 8.76. The first kappa shape index (κ1) is 20.2. The van der Waals surface area contributed by atoms with Crippen molar-refractivity contribution in [3.8, 4) is 0 Å². The second-order valence-electron chi connectivity index (χ2n) is 7.46. The summed E-state index contributed by atoms with van der Waals surface area (Å²) in [4.78, 5) is 27.8. The van der Waals surface area contributed by atoms with Gasteiger partial charge in [-0.15, -0.1) is 11.8 Å². The molecule has 4 nitrogen and oxygen atoms in total. The number of fused-ring (bicyclic) bond motifs is 1. The molecule has 152 valence electrons. The first-order chi connectivity index (χ1) is 14.0. The molecule has 2 aromatic carbocycles. The second-order valence-corrected chi connectivity index (χ2v) is 8.88. The molecule has 1 aliphatic carbocycles. The lowest BCUT2D eigenvalue weighted by molar-refractivity contribution is -0.116. The van der Waals surface area contributed by atoms with Crippen molar-refractivity contribution in [1.29, 1.82) is 0 Å². The third-order valence-electron chi connectivity index (χ3n) is 5.48. The Morgan fingerprint density at radius 3 is 2.76 bits per heavy atom. The van der Waals surface area contributed by atoms with Crippen LogP contribution in [0.5, 0.6) is 0 Å². The highest BCUT2D eigenvalue weighted by Gasteiger charge is 2.28. The lowest BCUT2D eigenvalue weighted by atomic mass is 9.95. The molecule has 0 atom stereocenters. The van der Waals surface area contributed by atoms with Crippen molar-refractivity contribution < 1.29 is 14.0 Å². The quantitative estimate of drug-likeness (QED) is 0.724. The molecule has 1 aliphatic heterocycles. The highest BCUT2D eigenvalue weighted by atomic mass is 35.5. The van der Waals surface area contributed by atoms with E-state index in [0.29, 0.717) is 11.3 Å². The van der Waals surface area contributed by atoms with Gasteiger partial charge in [0, 0.05) is 27.1 Å². The molecule has 2 amide bonds. The highest BCUT2D eigenvalue weighted by molar-refractivity contribution is 8.00. The number of carbonyl (C=O) groups is 2. The van der Waals surface area contributed by atoms with Gasteiger partial charge in [-0.2, -0.15) is 0 Å². The fourth-order valence-electron chi connectivity index (χ4n) is 3.87. The van der Waals surface area contributed by atoms with Crippen LogP contribution >= 0.6 is 23.4 Å². The van der Waals surface area contributed by atoms with Crippen LogP contribution in [-0.4, -0.2) is 23.6 Å². The minimum atomic E-state index is -0.448. The fraction of sp³-hybridized carbons (Fsp3) is 0.364. The Bertz CT molecular complexity index is 926. The first-order valence-electron chi connectivity index (χ1n) is 9.84. The molecule has 1 saturated carbocycles. The van der Waals surface area contributed by atoms with E-state index in [4.69, 9.17) is 11.6 Å². The summed E-state index contributed by atoms with van der Waals surface area (Å²) in [7, 11) is 0.